The van der Waals surface area contributed by atoms with Crippen LogP contribution in [-0.2, 0) is 26.1 Å². The number of hydrogen-bond acceptors (Lipinski definition) is 7. The maximum absolute atomic E-state index is 12.6. The van der Waals surface area contributed by atoms with Gasteiger partial charge in [0.1, 0.15) is 5.75 Å². The van der Waals surface area contributed by atoms with Crippen LogP contribution in [0.15, 0.2) is 57.7 Å². The number of anilines is 1. The van der Waals surface area contributed by atoms with Crippen LogP contribution in [0, 0.1) is 0 Å². The molecule has 9 nitrogen and oxygen atoms in total. The fourth-order valence-electron chi connectivity index (χ4n) is 4.10. The number of amides is 1. The van der Waals surface area contributed by atoms with Gasteiger partial charge in [-0.3, -0.25) is 4.79 Å². The first-order valence-electron chi connectivity index (χ1n) is 11.3. The summed E-state index contributed by atoms with van der Waals surface area (Å²) in [6.45, 7) is 1.37. The first-order valence-corrected chi connectivity index (χ1v) is 13.6. The molecule has 1 atom stereocenters. The molecule has 5 rings (SSSR count). The third kappa shape index (κ3) is 4.90. The molecule has 11 heteroatoms. The number of ether oxygens (including phenoxy) is 2. The van der Waals surface area contributed by atoms with Crippen molar-refractivity contribution < 1.29 is 22.7 Å². The van der Waals surface area contributed by atoms with Crippen molar-refractivity contribution in [2.75, 3.05) is 32.6 Å². The molecule has 0 spiro atoms. The van der Waals surface area contributed by atoms with E-state index in [0.29, 0.717) is 23.7 Å². The fourth-order valence-corrected chi connectivity index (χ4v) is 5.98. The summed E-state index contributed by atoms with van der Waals surface area (Å²) in [5.74, 6) is 0.452. The minimum atomic E-state index is -3.57. The van der Waals surface area contributed by atoms with Gasteiger partial charge in [-0.05, 0) is 49.2 Å². The predicted molar refractivity (Wildman–Crippen MR) is 133 cm³/mol. The Kier molecular flexibility index (Phi) is 6.49. The molecule has 0 radical (unpaired) electrons. The zero-order valence-corrected chi connectivity index (χ0v) is 21.1. The van der Waals surface area contributed by atoms with Crippen molar-refractivity contribution >= 4 is 38.6 Å². The first kappa shape index (κ1) is 23.7. The van der Waals surface area contributed by atoms with Crippen molar-refractivity contribution in [1.82, 2.24) is 8.87 Å². The summed E-state index contributed by atoms with van der Waals surface area (Å²) in [5, 5.41) is 4.88. The lowest BCUT2D eigenvalue weighted by atomic mass is 10.1. The number of aromatic nitrogens is 1. The van der Waals surface area contributed by atoms with Crippen LogP contribution in [0.2, 0.25) is 0 Å². The van der Waals surface area contributed by atoms with Crippen LogP contribution in [0.3, 0.4) is 0 Å². The van der Waals surface area contributed by atoms with Crippen molar-refractivity contribution in [2.24, 2.45) is 4.99 Å². The Bertz CT molecular complexity index is 1440. The standard InChI is InChI=1S/C24H26N4O5S2/c1-27(2)35(30,31)19-7-3-5-17(12-19)25-24-28(13-18-6-4-10-32-18)21(15-34-24)16-8-9-22-20(11-16)26-23(29)14-33-22/h3,5,7-9,11-12,15,18H,4,6,10,13-14H2,1-2H3,(H,26,29)/t18-/m0/s1. The summed E-state index contributed by atoms with van der Waals surface area (Å²) >= 11 is 1.47. The summed E-state index contributed by atoms with van der Waals surface area (Å²) < 4.78 is 39.9. The van der Waals surface area contributed by atoms with E-state index in [9.17, 15) is 13.2 Å². The lowest BCUT2D eigenvalue weighted by Gasteiger charge is -2.19. The quantitative estimate of drug-likeness (QED) is 0.544. The van der Waals surface area contributed by atoms with Gasteiger partial charge in [-0.25, -0.2) is 17.7 Å². The Balaban J connectivity index is 1.58. The summed E-state index contributed by atoms with van der Waals surface area (Å²) in [6.07, 6.45) is 2.05. The summed E-state index contributed by atoms with van der Waals surface area (Å²) in [7, 11) is -0.555. The first-order chi connectivity index (χ1) is 16.8. The number of nitrogens with zero attached hydrogens (tertiary/aromatic N) is 3. The molecule has 184 valence electrons. The Morgan fingerprint density at radius 1 is 1.23 bits per heavy atom. The Morgan fingerprint density at radius 2 is 2.09 bits per heavy atom. The molecule has 1 fully saturated rings. The van der Waals surface area contributed by atoms with E-state index in [1.165, 1.54) is 29.7 Å². The normalized spacial score (nSPS) is 18.4. The van der Waals surface area contributed by atoms with E-state index < -0.39 is 10.0 Å². The largest absolute Gasteiger partial charge is 0.482 e. The molecule has 0 bridgehead atoms. The van der Waals surface area contributed by atoms with E-state index in [4.69, 9.17) is 14.5 Å². The molecular weight excluding hydrogens is 488 g/mol. The van der Waals surface area contributed by atoms with E-state index in [1.807, 2.05) is 23.6 Å². The van der Waals surface area contributed by atoms with Crippen molar-refractivity contribution in [3.63, 3.8) is 0 Å². The van der Waals surface area contributed by atoms with Crippen molar-refractivity contribution in [1.29, 1.82) is 0 Å². The van der Waals surface area contributed by atoms with Gasteiger partial charge in [0.05, 0.1) is 34.6 Å². The molecular formula is C24H26N4O5S2. The Labute approximate surface area is 207 Å². The average Bonchev–Trinajstić information content (AvgIpc) is 3.49. The van der Waals surface area contributed by atoms with Crippen LogP contribution in [-0.4, -0.2) is 56.6 Å². The number of carbonyl (C=O) groups is 1. The van der Waals surface area contributed by atoms with Crippen molar-refractivity contribution in [3.8, 4) is 17.0 Å². The maximum Gasteiger partial charge on any atom is 0.262 e. The van der Waals surface area contributed by atoms with E-state index in [-0.39, 0.29) is 23.5 Å². The molecule has 1 saturated heterocycles. The molecule has 2 aliphatic heterocycles. The van der Waals surface area contributed by atoms with E-state index in [0.717, 1.165) is 35.5 Å². The van der Waals surface area contributed by atoms with Crippen LogP contribution in [0.5, 0.6) is 5.75 Å². The third-order valence-electron chi connectivity index (χ3n) is 5.94. The van der Waals surface area contributed by atoms with Gasteiger partial charge in [0, 0.05) is 31.6 Å². The molecule has 2 aromatic carbocycles. The monoisotopic (exact) mass is 514 g/mol. The second-order valence-electron chi connectivity index (χ2n) is 8.59. The minimum absolute atomic E-state index is 0.00938. The lowest BCUT2D eigenvalue weighted by Crippen LogP contribution is -2.25. The van der Waals surface area contributed by atoms with Crippen LogP contribution in [0.4, 0.5) is 11.4 Å². The smallest absolute Gasteiger partial charge is 0.262 e. The SMILES string of the molecule is CN(C)S(=O)(=O)c1cccc(N=c2scc(-c3ccc4c(c3)NC(=O)CO4)n2C[C@@H]2CCCO2)c1. The summed E-state index contributed by atoms with van der Waals surface area (Å²) in [4.78, 5) is 17.5. The number of rotatable bonds is 6. The Hall–Kier alpha value is -2.99. The van der Waals surface area contributed by atoms with Gasteiger partial charge < -0.3 is 19.4 Å². The number of nitrogens with one attached hydrogen (secondary N) is 1. The van der Waals surface area contributed by atoms with Crippen LogP contribution >= 0.6 is 11.3 Å². The van der Waals surface area contributed by atoms with Crippen molar-refractivity contribution in [3.05, 3.63) is 52.6 Å². The number of fused-ring (bicyclic) bond motifs is 1. The van der Waals surface area contributed by atoms with Gasteiger partial charge in [0.15, 0.2) is 11.4 Å². The second-order valence-corrected chi connectivity index (χ2v) is 11.6. The van der Waals surface area contributed by atoms with Gasteiger partial charge in [-0.15, -0.1) is 11.3 Å². The number of hydrogen-bond donors (Lipinski definition) is 1. The predicted octanol–water partition coefficient (Wildman–Crippen LogP) is 3.21. The van der Waals surface area contributed by atoms with Gasteiger partial charge in [0.2, 0.25) is 10.0 Å². The Morgan fingerprint density at radius 3 is 2.86 bits per heavy atom. The van der Waals surface area contributed by atoms with E-state index in [1.54, 1.807) is 24.3 Å². The zero-order valence-electron chi connectivity index (χ0n) is 19.4. The molecule has 1 N–H and O–H groups in total. The number of sulfonamides is 1. The van der Waals surface area contributed by atoms with Crippen molar-refractivity contribution in [2.45, 2.75) is 30.4 Å². The molecule has 0 saturated carbocycles. The topological polar surface area (TPSA) is 102 Å². The molecule has 3 heterocycles. The van der Waals surface area contributed by atoms with Gasteiger partial charge in [-0.1, -0.05) is 6.07 Å². The molecule has 35 heavy (non-hydrogen) atoms. The minimum Gasteiger partial charge on any atom is -0.482 e. The molecule has 0 aliphatic carbocycles. The molecule has 1 amide bonds. The van der Waals surface area contributed by atoms with E-state index in [2.05, 4.69) is 9.88 Å². The van der Waals surface area contributed by atoms with Gasteiger partial charge in [-0.2, -0.15) is 0 Å². The summed E-state index contributed by atoms with van der Waals surface area (Å²) in [6, 6.07) is 12.3. The van der Waals surface area contributed by atoms with Crippen LogP contribution in [0.25, 0.3) is 11.3 Å². The zero-order chi connectivity index (χ0) is 24.6. The third-order valence-corrected chi connectivity index (χ3v) is 8.61. The molecule has 1 aromatic heterocycles. The number of thiazole rings is 1. The van der Waals surface area contributed by atoms with Crippen LogP contribution < -0.4 is 14.9 Å². The lowest BCUT2D eigenvalue weighted by molar-refractivity contribution is -0.118. The van der Waals surface area contributed by atoms with Gasteiger partial charge in [0.25, 0.3) is 5.91 Å². The highest BCUT2D eigenvalue weighted by Crippen LogP contribution is 2.33. The molecule has 3 aromatic rings. The number of carbonyl (C=O) groups excluding carboxylic acids is 1. The molecule has 2 aliphatic rings. The second kappa shape index (κ2) is 9.57. The maximum atomic E-state index is 12.6. The van der Waals surface area contributed by atoms with E-state index >= 15 is 0 Å². The summed E-state index contributed by atoms with van der Waals surface area (Å²) in [5.41, 5.74) is 3.03. The fraction of sp³-hybridized carbons (Fsp3) is 0.333. The van der Waals surface area contributed by atoms with Crippen LogP contribution in [0.1, 0.15) is 12.8 Å². The van der Waals surface area contributed by atoms with Gasteiger partial charge >= 0.3 is 0 Å². The highest BCUT2D eigenvalue weighted by atomic mass is 32.2. The molecule has 0 unspecified atom stereocenters. The highest BCUT2D eigenvalue weighted by molar-refractivity contribution is 7.89. The average molecular weight is 515 g/mol. The number of benzene rings is 2. The highest BCUT2D eigenvalue weighted by Gasteiger charge is 2.22.